The predicted octanol–water partition coefficient (Wildman–Crippen LogP) is 4.63. The van der Waals surface area contributed by atoms with Crippen molar-refractivity contribution in [3.63, 3.8) is 0 Å². The summed E-state index contributed by atoms with van der Waals surface area (Å²) < 4.78 is 13.0. The van der Waals surface area contributed by atoms with E-state index in [0.29, 0.717) is 10.8 Å². The van der Waals surface area contributed by atoms with E-state index in [1.54, 1.807) is 24.9 Å². The number of methoxy groups -OCH3 is 1. The van der Waals surface area contributed by atoms with Crippen molar-refractivity contribution in [1.82, 2.24) is 14.8 Å². The lowest BCUT2D eigenvalue weighted by Crippen LogP contribution is -2.07. The smallest absolute Gasteiger partial charge is 0.195 e. The number of aromatic nitrogens is 3. The molecule has 0 N–H and O–H groups in total. The molecule has 1 heterocycles. The summed E-state index contributed by atoms with van der Waals surface area (Å²) in [4.78, 5) is 0. The van der Waals surface area contributed by atoms with Crippen molar-refractivity contribution < 1.29 is 9.47 Å². The van der Waals surface area contributed by atoms with Crippen molar-refractivity contribution in [2.24, 2.45) is 0 Å². The molecule has 0 aliphatic carbocycles. The molecule has 0 aliphatic rings. The van der Waals surface area contributed by atoms with Gasteiger partial charge >= 0.3 is 0 Å². The van der Waals surface area contributed by atoms with Gasteiger partial charge in [-0.3, -0.25) is 4.57 Å². The first-order valence-corrected chi connectivity index (χ1v) is 9.64. The maximum atomic E-state index is 6.17. The third-order valence-electron chi connectivity index (χ3n) is 3.63. The number of ether oxygens (including phenoxy) is 2. The lowest BCUT2D eigenvalue weighted by molar-refractivity contribution is 0.200. The van der Waals surface area contributed by atoms with E-state index in [2.05, 4.69) is 10.2 Å². The van der Waals surface area contributed by atoms with Gasteiger partial charge in [0.2, 0.25) is 0 Å². The van der Waals surface area contributed by atoms with Crippen LogP contribution < -0.4 is 4.74 Å². The molecular weight excluding hydrogens is 370 g/mol. The Hall–Kier alpha value is -2.02. The first kappa shape index (κ1) is 18.8. The molecule has 0 amide bonds. The fourth-order valence-corrected chi connectivity index (χ4v) is 3.47. The predicted molar refractivity (Wildman–Crippen MR) is 104 cm³/mol. The van der Waals surface area contributed by atoms with E-state index in [1.807, 2.05) is 53.1 Å². The van der Waals surface area contributed by atoms with Crippen molar-refractivity contribution in [2.45, 2.75) is 18.2 Å². The van der Waals surface area contributed by atoms with Crippen LogP contribution in [-0.4, -0.2) is 34.2 Å². The van der Waals surface area contributed by atoms with Crippen LogP contribution in [0.25, 0.3) is 5.69 Å². The highest BCUT2D eigenvalue weighted by Crippen LogP contribution is 2.26. The molecule has 136 valence electrons. The Morgan fingerprint density at radius 1 is 1.04 bits per heavy atom. The molecule has 3 rings (SSSR count). The van der Waals surface area contributed by atoms with E-state index in [-0.39, 0.29) is 6.61 Å². The van der Waals surface area contributed by atoms with E-state index in [0.717, 1.165) is 35.4 Å². The van der Waals surface area contributed by atoms with Crippen LogP contribution in [0.1, 0.15) is 12.2 Å². The van der Waals surface area contributed by atoms with Crippen molar-refractivity contribution in [3.8, 4) is 11.4 Å². The van der Waals surface area contributed by atoms with Gasteiger partial charge in [-0.15, -0.1) is 10.2 Å². The molecular formula is C19H20ClN3O2S. The maximum absolute atomic E-state index is 6.17. The van der Waals surface area contributed by atoms with Crippen LogP contribution in [0.5, 0.6) is 5.75 Å². The molecule has 1 aromatic heterocycles. The van der Waals surface area contributed by atoms with Crippen molar-refractivity contribution >= 4 is 23.4 Å². The molecule has 0 radical (unpaired) electrons. The molecule has 0 spiro atoms. The number of thioether (sulfide) groups is 1. The Balaban J connectivity index is 1.80. The molecule has 0 fully saturated rings. The standard InChI is InChI=1S/C19H20ClN3O2S/c1-24-12-7-13-26-19-22-21-18(23(19)15-8-3-2-4-9-15)14-25-17-11-6-5-10-16(17)20/h2-6,8-11H,7,12-14H2,1H3. The van der Waals surface area contributed by atoms with Gasteiger partial charge in [-0.05, 0) is 30.7 Å². The third-order valence-corrected chi connectivity index (χ3v) is 4.96. The van der Waals surface area contributed by atoms with Crippen LogP contribution in [0, 0.1) is 0 Å². The van der Waals surface area contributed by atoms with E-state index in [1.165, 1.54) is 0 Å². The maximum Gasteiger partial charge on any atom is 0.195 e. The van der Waals surface area contributed by atoms with Crippen LogP contribution in [-0.2, 0) is 11.3 Å². The highest BCUT2D eigenvalue weighted by Gasteiger charge is 2.15. The number of nitrogens with zero attached hydrogens (tertiary/aromatic N) is 3. The van der Waals surface area contributed by atoms with Crippen LogP contribution >= 0.6 is 23.4 Å². The SMILES string of the molecule is COCCCSc1nnc(COc2ccccc2Cl)n1-c1ccccc1. The Bertz CT molecular complexity index is 827. The topological polar surface area (TPSA) is 49.2 Å². The van der Waals surface area contributed by atoms with Gasteiger partial charge in [0.1, 0.15) is 12.4 Å². The van der Waals surface area contributed by atoms with Crippen molar-refractivity contribution in [3.05, 3.63) is 65.4 Å². The van der Waals surface area contributed by atoms with Gasteiger partial charge in [0.15, 0.2) is 11.0 Å². The molecule has 0 unspecified atom stereocenters. The van der Waals surface area contributed by atoms with Gasteiger partial charge < -0.3 is 9.47 Å². The summed E-state index contributed by atoms with van der Waals surface area (Å²) in [5.74, 6) is 2.26. The summed E-state index contributed by atoms with van der Waals surface area (Å²) in [6.07, 6.45) is 0.953. The van der Waals surface area contributed by atoms with Crippen LogP contribution in [0.3, 0.4) is 0 Å². The zero-order valence-electron chi connectivity index (χ0n) is 14.5. The summed E-state index contributed by atoms with van der Waals surface area (Å²) in [6.45, 7) is 1.01. The fraction of sp³-hybridized carbons (Fsp3) is 0.263. The second-order valence-corrected chi connectivity index (χ2v) is 6.95. The minimum absolute atomic E-state index is 0.282. The second kappa shape index (κ2) is 9.62. The third kappa shape index (κ3) is 4.78. The first-order valence-electron chi connectivity index (χ1n) is 8.28. The molecule has 0 saturated carbocycles. The lowest BCUT2D eigenvalue weighted by Gasteiger charge is -2.11. The van der Waals surface area contributed by atoms with Crippen LogP contribution in [0.15, 0.2) is 59.8 Å². The largest absolute Gasteiger partial charge is 0.484 e. The summed E-state index contributed by atoms with van der Waals surface area (Å²) in [7, 11) is 1.71. The average Bonchev–Trinajstić information content (AvgIpc) is 3.08. The minimum atomic E-state index is 0.282. The van der Waals surface area contributed by atoms with Crippen LogP contribution in [0.4, 0.5) is 0 Å². The molecule has 0 aliphatic heterocycles. The monoisotopic (exact) mass is 389 g/mol. The summed E-state index contributed by atoms with van der Waals surface area (Å²) in [5, 5.41) is 10.1. The molecule has 2 aromatic carbocycles. The highest BCUT2D eigenvalue weighted by atomic mass is 35.5. The van der Waals surface area contributed by atoms with Gasteiger partial charge in [0.05, 0.1) is 5.02 Å². The van der Waals surface area contributed by atoms with Gasteiger partial charge in [0.25, 0.3) is 0 Å². The van der Waals surface area contributed by atoms with E-state index in [9.17, 15) is 0 Å². The summed E-state index contributed by atoms with van der Waals surface area (Å²) in [5.41, 5.74) is 1.00. The van der Waals surface area contributed by atoms with Crippen molar-refractivity contribution in [1.29, 1.82) is 0 Å². The Labute approximate surface area is 162 Å². The second-order valence-electron chi connectivity index (χ2n) is 5.48. The van der Waals surface area contributed by atoms with E-state index in [4.69, 9.17) is 21.1 Å². The number of hydrogen-bond acceptors (Lipinski definition) is 5. The van der Waals surface area contributed by atoms with Crippen molar-refractivity contribution in [2.75, 3.05) is 19.5 Å². The number of para-hydroxylation sites is 2. The Morgan fingerprint density at radius 3 is 2.58 bits per heavy atom. The molecule has 0 bridgehead atoms. The molecule has 26 heavy (non-hydrogen) atoms. The van der Waals surface area contributed by atoms with Gasteiger partial charge in [0, 0.05) is 25.2 Å². The average molecular weight is 390 g/mol. The zero-order chi connectivity index (χ0) is 18.2. The van der Waals surface area contributed by atoms with Gasteiger partial charge in [-0.25, -0.2) is 0 Å². The van der Waals surface area contributed by atoms with Gasteiger partial charge in [-0.2, -0.15) is 0 Å². The first-order chi connectivity index (χ1) is 12.8. The number of benzene rings is 2. The minimum Gasteiger partial charge on any atom is -0.484 e. The Kier molecular flexibility index (Phi) is 6.94. The van der Waals surface area contributed by atoms with Crippen LogP contribution in [0.2, 0.25) is 5.02 Å². The molecule has 0 saturated heterocycles. The number of halogens is 1. The number of rotatable bonds is 9. The van der Waals surface area contributed by atoms with Gasteiger partial charge in [-0.1, -0.05) is 53.7 Å². The molecule has 3 aromatic rings. The molecule has 7 heteroatoms. The zero-order valence-corrected chi connectivity index (χ0v) is 16.0. The highest BCUT2D eigenvalue weighted by molar-refractivity contribution is 7.99. The molecule has 5 nitrogen and oxygen atoms in total. The molecule has 0 atom stereocenters. The van der Waals surface area contributed by atoms with E-state index >= 15 is 0 Å². The summed E-state index contributed by atoms with van der Waals surface area (Å²) >= 11 is 7.82. The Morgan fingerprint density at radius 2 is 1.81 bits per heavy atom. The quantitative estimate of drug-likeness (QED) is 0.394. The summed E-state index contributed by atoms with van der Waals surface area (Å²) in [6, 6.07) is 17.4. The fourth-order valence-electron chi connectivity index (χ4n) is 2.39. The number of hydrogen-bond donors (Lipinski definition) is 0. The lowest BCUT2D eigenvalue weighted by atomic mass is 10.3. The normalized spacial score (nSPS) is 10.8. The van der Waals surface area contributed by atoms with E-state index < -0.39 is 0 Å².